The van der Waals surface area contributed by atoms with Crippen molar-refractivity contribution in [2.45, 2.75) is 6.42 Å². The Bertz CT molecular complexity index is 710. The van der Waals surface area contributed by atoms with Gasteiger partial charge in [-0.3, -0.25) is 10.1 Å². The molecule has 0 unspecified atom stereocenters. The van der Waals surface area contributed by atoms with E-state index >= 15 is 0 Å². The highest BCUT2D eigenvalue weighted by Gasteiger charge is 2.08. The van der Waals surface area contributed by atoms with Gasteiger partial charge in [0, 0.05) is 18.7 Å². The summed E-state index contributed by atoms with van der Waals surface area (Å²) in [6.45, 7) is 1.33. The fraction of sp³-hybridized carbons (Fsp3) is 0.263. The first-order valence-electron chi connectivity index (χ1n) is 8.30. The summed E-state index contributed by atoms with van der Waals surface area (Å²) in [5.74, 6) is 1.04. The third kappa shape index (κ3) is 7.08. The molecular formula is C19H22N2O4S. The fourth-order valence-electron chi connectivity index (χ4n) is 2.06. The van der Waals surface area contributed by atoms with E-state index in [4.69, 9.17) is 26.8 Å². The van der Waals surface area contributed by atoms with E-state index in [0.717, 1.165) is 5.75 Å². The van der Waals surface area contributed by atoms with Crippen molar-refractivity contribution < 1.29 is 19.4 Å². The van der Waals surface area contributed by atoms with Crippen LogP contribution < -0.4 is 20.1 Å². The Kier molecular flexibility index (Phi) is 8.38. The van der Waals surface area contributed by atoms with E-state index < -0.39 is 0 Å². The molecule has 26 heavy (non-hydrogen) atoms. The molecule has 138 valence electrons. The van der Waals surface area contributed by atoms with Crippen LogP contribution in [0, 0.1) is 0 Å². The van der Waals surface area contributed by atoms with Gasteiger partial charge >= 0.3 is 0 Å². The molecule has 7 heteroatoms. The molecule has 1 amide bonds. The molecule has 0 aromatic heterocycles. The average molecular weight is 374 g/mol. The van der Waals surface area contributed by atoms with E-state index in [-0.39, 0.29) is 17.6 Å². The van der Waals surface area contributed by atoms with Crippen LogP contribution in [0.1, 0.15) is 16.8 Å². The average Bonchev–Trinajstić information content (AvgIpc) is 2.66. The molecule has 2 aromatic carbocycles. The number of benzene rings is 2. The van der Waals surface area contributed by atoms with Crippen molar-refractivity contribution in [3.63, 3.8) is 0 Å². The number of hydrogen-bond acceptors (Lipinski definition) is 5. The number of nitrogens with one attached hydrogen (secondary N) is 2. The topological polar surface area (TPSA) is 79.8 Å². The summed E-state index contributed by atoms with van der Waals surface area (Å²) >= 11 is 5.04. The summed E-state index contributed by atoms with van der Waals surface area (Å²) in [6.07, 6.45) is 0.560. The number of thiocarbonyl (C=S) groups is 1. The van der Waals surface area contributed by atoms with Crippen molar-refractivity contribution in [1.82, 2.24) is 10.6 Å². The molecule has 0 heterocycles. The van der Waals surface area contributed by atoms with E-state index in [2.05, 4.69) is 10.6 Å². The van der Waals surface area contributed by atoms with E-state index in [0.29, 0.717) is 37.5 Å². The van der Waals surface area contributed by atoms with E-state index in [1.54, 1.807) is 24.3 Å². The third-order valence-electron chi connectivity index (χ3n) is 3.31. The van der Waals surface area contributed by atoms with Crippen LogP contribution in [-0.4, -0.2) is 42.5 Å². The summed E-state index contributed by atoms with van der Waals surface area (Å²) in [5.41, 5.74) is 0.442. The largest absolute Gasteiger partial charge is 0.490 e. The minimum atomic E-state index is -0.322. The van der Waals surface area contributed by atoms with Gasteiger partial charge in [0.25, 0.3) is 5.91 Å². The number of para-hydroxylation sites is 1. The van der Waals surface area contributed by atoms with E-state index in [1.807, 2.05) is 30.3 Å². The highest BCUT2D eigenvalue weighted by atomic mass is 32.1. The van der Waals surface area contributed by atoms with Gasteiger partial charge in [-0.05, 0) is 49.0 Å². The first-order valence-corrected chi connectivity index (χ1v) is 8.70. The summed E-state index contributed by atoms with van der Waals surface area (Å²) < 4.78 is 11.2. The standard InChI is InChI=1S/C19H22N2O4S/c22-11-5-10-20-19(26)21-18(23)15-6-4-9-17(14-15)25-13-12-24-16-7-2-1-3-8-16/h1-4,6-9,14,22H,5,10-13H2,(H2,20,21,23,26). The van der Waals surface area contributed by atoms with Crippen LogP contribution in [0.15, 0.2) is 54.6 Å². The maximum atomic E-state index is 12.2. The molecule has 0 bridgehead atoms. The van der Waals surface area contributed by atoms with Crippen LogP contribution in [0.25, 0.3) is 0 Å². The summed E-state index contributed by atoms with van der Waals surface area (Å²) in [5, 5.41) is 14.4. The number of aliphatic hydroxyl groups is 1. The van der Waals surface area contributed by atoms with Gasteiger partial charge in [-0.1, -0.05) is 24.3 Å². The first kappa shape index (κ1) is 19.7. The van der Waals surface area contributed by atoms with Crippen LogP contribution >= 0.6 is 12.2 Å². The number of carbonyl (C=O) groups is 1. The molecule has 3 N–H and O–H groups in total. The van der Waals surface area contributed by atoms with Gasteiger partial charge in [-0.25, -0.2) is 0 Å². The maximum absolute atomic E-state index is 12.2. The predicted octanol–water partition coefficient (Wildman–Crippen LogP) is 2.13. The Morgan fingerprint density at radius 3 is 2.42 bits per heavy atom. The van der Waals surface area contributed by atoms with Gasteiger partial charge < -0.3 is 19.9 Å². The lowest BCUT2D eigenvalue weighted by molar-refractivity contribution is 0.0976. The Balaban J connectivity index is 1.77. The van der Waals surface area contributed by atoms with Crippen molar-refractivity contribution >= 4 is 23.2 Å². The first-order chi connectivity index (χ1) is 12.7. The second-order valence-electron chi connectivity index (χ2n) is 5.32. The van der Waals surface area contributed by atoms with Gasteiger partial charge in [-0.2, -0.15) is 0 Å². The predicted molar refractivity (Wildman–Crippen MR) is 104 cm³/mol. The highest BCUT2D eigenvalue weighted by Crippen LogP contribution is 2.14. The van der Waals surface area contributed by atoms with Crippen LogP contribution in [0.3, 0.4) is 0 Å². The Labute approximate surface area is 158 Å². The van der Waals surface area contributed by atoms with E-state index in [9.17, 15) is 4.79 Å². The van der Waals surface area contributed by atoms with Gasteiger partial charge in [0.15, 0.2) is 5.11 Å². The number of amides is 1. The van der Waals surface area contributed by atoms with Crippen LogP contribution in [-0.2, 0) is 0 Å². The van der Waals surface area contributed by atoms with Gasteiger partial charge in [-0.15, -0.1) is 0 Å². The number of ether oxygens (including phenoxy) is 2. The van der Waals surface area contributed by atoms with Crippen molar-refractivity contribution in [3.05, 3.63) is 60.2 Å². The second-order valence-corrected chi connectivity index (χ2v) is 5.73. The SMILES string of the molecule is O=C(NC(=S)NCCCO)c1cccc(OCCOc2ccccc2)c1. The zero-order valence-corrected chi connectivity index (χ0v) is 15.1. The highest BCUT2D eigenvalue weighted by molar-refractivity contribution is 7.80. The molecule has 0 fully saturated rings. The molecule has 0 aliphatic rings. The van der Waals surface area contributed by atoms with Crippen molar-refractivity contribution in [1.29, 1.82) is 0 Å². The monoisotopic (exact) mass is 374 g/mol. The molecule has 0 saturated heterocycles. The zero-order chi connectivity index (χ0) is 18.6. The summed E-state index contributed by atoms with van der Waals surface area (Å²) in [7, 11) is 0. The molecular weight excluding hydrogens is 352 g/mol. The molecule has 0 atom stereocenters. The zero-order valence-electron chi connectivity index (χ0n) is 14.3. The lowest BCUT2D eigenvalue weighted by Gasteiger charge is -2.11. The normalized spacial score (nSPS) is 10.0. The molecule has 0 aliphatic carbocycles. The Morgan fingerprint density at radius 2 is 1.69 bits per heavy atom. The molecule has 0 saturated carbocycles. The molecule has 0 radical (unpaired) electrons. The van der Waals surface area contributed by atoms with Crippen LogP contribution in [0.4, 0.5) is 0 Å². The number of aliphatic hydroxyl groups excluding tert-OH is 1. The van der Waals surface area contributed by atoms with Gasteiger partial charge in [0.05, 0.1) is 0 Å². The Morgan fingerprint density at radius 1 is 1.00 bits per heavy atom. The van der Waals surface area contributed by atoms with E-state index in [1.165, 1.54) is 0 Å². The fourth-order valence-corrected chi connectivity index (χ4v) is 2.26. The summed E-state index contributed by atoms with van der Waals surface area (Å²) in [4.78, 5) is 12.2. The van der Waals surface area contributed by atoms with Crippen LogP contribution in [0.5, 0.6) is 11.5 Å². The number of hydrogen-bond donors (Lipinski definition) is 3. The molecule has 0 aliphatic heterocycles. The molecule has 6 nitrogen and oxygen atoms in total. The smallest absolute Gasteiger partial charge is 0.257 e. The summed E-state index contributed by atoms with van der Waals surface area (Å²) in [6, 6.07) is 16.3. The maximum Gasteiger partial charge on any atom is 0.257 e. The minimum Gasteiger partial charge on any atom is -0.490 e. The molecule has 0 spiro atoms. The molecule has 2 aromatic rings. The quantitative estimate of drug-likeness (QED) is 0.461. The molecule has 2 rings (SSSR count). The number of carbonyl (C=O) groups excluding carboxylic acids is 1. The lowest BCUT2D eigenvalue weighted by Crippen LogP contribution is -2.39. The second kappa shape index (κ2) is 11.1. The van der Waals surface area contributed by atoms with Crippen LogP contribution in [0.2, 0.25) is 0 Å². The Hall–Kier alpha value is -2.64. The van der Waals surface area contributed by atoms with Crippen molar-refractivity contribution in [2.24, 2.45) is 0 Å². The lowest BCUT2D eigenvalue weighted by atomic mass is 10.2. The third-order valence-corrected chi connectivity index (χ3v) is 3.55. The van der Waals surface area contributed by atoms with Gasteiger partial charge in [0.2, 0.25) is 0 Å². The van der Waals surface area contributed by atoms with Crippen molar-refractivity contribution in [2.75, 3.05) is 26.4 Å². The van der Waals surface area contributed by atoms with Gasteiger partial charge in [0.1, 0.15) is 24.7 Å². The number of rotatable bonds is 9. The minimum absolute atomic E-state index is 0.0664. The van der Waals surface area contributed by atoms with Crippen molar-refractivity contribution in [3.8, 4) is 11.5 Å².